The zero-order valence-corrected chi connectivity index (χ0v) is 15.8. The zero-order valence-electron chi connectivity index (χ0n) is 15.8. The molecule has 3 rings (SSSR count). The van der Waals surface area contributed by atoms with Gasteiger partial charge in [-0.2, -0.15) is 5.10 Å². The Morgan fingerprint density at radius 2 is 2.08 bits per heavy atom. The number of hydrogen-bond donors (Lipinski definition) is 0. The van der Waals surface area contributed by atoms with Crippen LogP contribution >= 0.6 is 0 Å². The van der Waals surface area contributed by atoms with Crippen LogP contribution in [-0.2, 0) is 13.5 Å². The van der Waals surface area contributed by atoms with Crippen LogP contribution in [0.1, 0.15) is 80.1 Å². The summed E-state index contributed by atoms with van der Waals surface area (Å²) in [4.78, 5) is 15.0. The van der Waals surface area contributed by atoms with Gasteiger partial charge in [-0.25, -0.2) is 0 Å². The largest absolute Gasteiger partial charge is 0.361 e. The molecule has 0 bridgehead atoms. The van der Waals surface area contributed by atoms with Crippen LogP contribution in [-0.4, -0.2) is 32.3 Å². The van der Waals surface area contributed by atoms with E-state index < -0.39 is 0 Å². The highest BCUT2D eigenvalue weighted by atomic mass is 16.5. The minimum Gasteiger partial charge on any atom is -0.361 e. The van der Waals surface area contributed by atoms with Gasteiger partial charge in [0, 0.05) is 25.6 Å². The maximum atomic E-state index is 13.1. The van der Waals surface area contributed by atoms with Crippen molar-refractivity contribution in [2.24, 2.45) is 13.0 Å². The Hall–Kier alpha value is -2.11. The molecule has 1 amide bonds. The highest BCUT2D eigenvalue weighted by Crippen LogP contribution is 2.33. The molecule has 0 radical (unpaired) electrons. The molecule has 2 aromatic rings. The monoisotopic (exact) mass is 344 g/mol. The van der Waals surface area contributed by atoms with E-state index in [0.29, 0.717) is 17.5 Å². The van der Waals surface area contributed by atoms with Gasteiger partial charge in [-0.05, 0) is 31.2 Å². The average molecular weight is 344 g/mol. The lowest BCUT2D eigenvalue weighted by atomic mass is 10.1. The molecule has 1 saturated heterocycles. The number of likely N-dealkylation sites (tertiary alicyclic amines) is 1. The molecule has 1 fully saturated rings. The molecule has 136 valence electrons. The topological polar surface area (TPSA) is 64.2 Å². The fourth-order valence-corrected chi connectivity index (χ4v) is 3.44. The number of aryl methyl sites for hydroxylation is 1. The SMILES string of the molecule is CC(C)Cc1cc(C(=O)N2CCCC2c2cc(C(C)C)on2)n(C)n1. The van der Waals surface area contributed by atoms with Gasteiger partial charge in [0.15, 0.2) is 0 Å². The number of hydrogen-bond acceptors (Lipinski definition) is 4. The molecular weight excluding hydrogens is 316 g/mol. The average Bonchev–Trinajstić information content (AvgIpc) is 3.24. The number of rotatable bonds is 5. The van der Waals surface area contributed by atoms with Gasteiger partial charge in [0.2, 0.25) is 0 Å². The number of carbonyl (C=O) groups excluding carboxylic acids is 1. The quantitative estimate of drug-likeness (QED) is 0.829. The van der Waals surface area contributed by atoms with E-state index in [-0.39, 0.29) is 11.9 Å². The third-order valence-electron chi connectivity index (χ3n) is 4.74. The van der Waals surface area contributed by atoms with Gasteiger partial charge in [-0.3, -0.25) is 9.48 Å². The summed E-state index contributed by atoms with van der Waals surface area (Å²) in [6, 6.07) is 3.92. The lowest BCUT2D eigenvalue weighted by molar-refractivity contribution is 0.0719. The predicted octanol–water partition coefficient (Wildman–Crippen LogP) is 3.71. The standard InChI is InChI=1S/C19H28N4O2/c1-12(2)9-14-10-17(22(5)20-14)19(24)23-8-6-7-16(23)15-11-18(13(3)4)25-21-15/h10-13,16H,6-9H2,1-5H3. The van der Waals surface area contributed by atoms with Crippen LogP contribution in [0.25, 0.3) is 0 Å². The Bertz CT molecular complexity index is 744. The normalized spacial score (nSPS) is 17.9. The first kappa shape index (κ1) is 17.7. The van der Waals surface area contributed by atoms with Gasteiger partial charge in [0.1, 0.15) is 17.1 Å². The number of nitrogens with zero attached hydrogens (tertiary/aromatic N) is 4. The van der Waals surface area contributed by atoms with Crippen molar-refractivity contribution in [3.8, 4) is 0 Å². The molecule has 0 spiro atoms. The fourth-order valence-electron chi connectivity index (χ4n) is 3.44. The van der Waals surface area contributed by atoms with Crippen LogP contribution in [0.5, 0.6) is 0 Å². The first-order valence-corrected chi connectivity index (χ1v) is 9.17. The lowest BCUT2D eigenvalue weighted by Gasteiger charge is -2.22. The third kappa shape index (κ3) is 3.62. The molecule has 0 N–H and O–H groups in total. The van der Waals surface area contributed by atoms with Crippen molar-refractivity contribution in [1.82, 2.24) is 19.8 Å². The van der Waals surface area contributed by atoms with Crippen LogP contribution in [0.3, 0.4) is 0 Å². The van der Waals surface area contributed by atoms with Gasteiger partial charge in [0.05, 0.1) is 11.7 Å². The molecule has 2 aromatic heterocycles. The first-order chi connectivity index (χ1) is 11.9. The van der Waals surface area contributed by atoms with Crippen LogP contribution in [0.4, 0.5) is 0 Å². The van der Waals surface area contributed by atoms with Crippen molar-refractivity contribution in [2.45, 2.75) is 58.9 Å². The first-order valence-electron chi connectivity index (χ1n) is 9.17. The Kier molecular flexibility index (Phi) is 4.97. The van der Waals surface area contributed by atoms with E-state index in [9.17, 15) is 4.79 Å². The van der Waals surface area contributed by atoms with Crippen molar-refractivity contribution >= 4 is 5.91 Å². The third-order valence-corrected chi connectivity index (χ3v) is 4.74. The van der Waals surface area contributed by atoms with Crippen molar-refractivity contribution in [3.05, 3.63) is 35.0 Å². The molecule has 0 saturated carbocycles. The summed E-state index contributed by atoms with van der Waals surface area (Å²) in [5.74, 6) is 1.71. The number of aromatic nitrogens is 3. The second kappa shape index (κ2) is 7.02. The molecule has 0 aromatic carbocycles. The Morgan fingerprint density at radius 3 is 2.72 bits per heavy atom. The summed E-state index contributed by atoms with van der Waals surface area (Å²) < 4.78 is 7.14. The molecule has 3 heterocycles. The number of carbonyl (C=O) groups is 1. The minimum absolute atomic E-state index is 0.00722. The summed E-state index contributed by atoms with van der Waals surface area (Å²) in [6.07, 6.45) is 2.79. The summed E-state index contributed by atoms with van der Waals surface area (Å²) in [5.41, 5.74) is 2.48. The molecule has 1 aliphatic heterocycles. The molecule has 0 aliphatic carbocycles. The van der Waals surface area contributed by atoms with E-state index >= 15 is 0 Å². The molecule has 6 heteroatoms. The van der Waals surface area contributed by atoms with Crippen molar-refractivity contribution < 1.29 is 9.32 Å². The highest BCUT2D eigenvalue weighted by Gasteiger charge is 2.34. The maximum absolute atomic E-state index is 13.1. The van der Waals surface area contributed by atoms with Crippen LogP contribution in [0.15, 0.2) is 16.7 Å². The highest BCUT2D eigenvalue weighted by molar-refractivity contribution is 5.93. The Labute approximate surface area is 149 Å². The summed E-state index contributed by atoms with van der Waals surface area (Å²) >= 11 is 0. The second-order valence-corrected chi connectivity index (χ2v) is 7.71. The molecule has 1 aliphatic rings. The Morgan fingerprint density at radius 1 is 1.32 bits per heavy atom. The van der Waals surface area contributed by atoms with Gasteiger partial charge in [-0.15, -0.1) is 0 Å². The van der Waals surface area contributed by atoms with E-state index in [1.165, 1.54) is 0 Å². The van der Waals surface area contributed by atoms with Crippen LogP contribution in [0, 0.1) is 5.92 Å². The molecule has 1 atom stereocenters. The predicted molar refractivity (Wildman–Crippen MR) is 95.4 cm³/mol. The van der Waals surface area contributed by atoms with E-state index in [2.05, 4.69) is 38.0 Å². The fraction of sp³-hybridized carbons (Fsp3) is 0.632. The van der Waals surface area contributed by atoms with Gasteiger partial charge in [0.25, 0.3) is 5.91 Å². The summed E-state index contributed by atoms with van der Waals surface area (Å²) in [7, 11) is 1.84. The minimum atomic E-state index is -0.00722. The van der Waals surface area contributed by atoms with Gasteiger partial charge < -0.3 is 9.42 Å². The van der Waals surface area contributed by atoms with Crippen molar-refractivity contribution in [3.63, 3.8) is 0 Å². The maximum Gasteiger partial charge on any atom is 0.272 e. The molecular formula is C19H28N4O2. The molecule has 1 unspecified atom stereocenters. The van der Waals surface area contributed by atoms with E-state index in [4.69, 9.17) is 4.52 Å². The number of amides is 1. The Balaban J connectivity index is 1.82. The molecule has 25 heavy (non-hydrogen) atoms. The van der Waals surface area contributed by atoms with Gasteiger partial charge >= 0.3 is 0 Å². The zero-order chi connectivity index (χ0) is 18.1. The van der Waals surface area contributed by atoms with E-state index in [0.717, 1.165) is 43.0 Å². The molecule has 6 nitrogen and oxygen atoms in total. The van der Waals surface area contributed by atoms with E-state index in [1.807, 2.05) is 24.1 Å². The van der Waals surface area contributed by atoms with Crippen molar-refractivity contribution in [2.75, 3.05) is 6.54 Å². The van der Waals surface area contributed by atoms with Crippen LogP contribution in [0.2, 0.25) is 0 Å². The van der Waals surface area contributed by atoms with Gasteiger partial charge in [-0.1, -0.05) is 32.9 Å². The van der Waals surface area contributed by atoms with Crippen LogP contribution < -0.4 is 0 Å². The van der Waals surface area contributed by atoms with E-state index in [1.54, 1.807) is 4.68 Å². The summed E-state index contributed by atoms with van der Waals surface area (Å²) in [5, 5.41) is 8.72. The van der Waals surface area contributed by atoms with Crippen molar-refractivity contribution in [1.29, 1.82) is 0 Å². The second-order valence-electron chi connectivity index (χ2n) is 7.71. The lowest BCUT2D eigenvalue weighted by Crippen LogP contribution is -2.32. The summed E-state index contributed by atoms with van der Waals surface area (Å²) in [6.45, 7) is 9.21. The smallest absolute Gasteiger partial charge is 0.272 e.